The van der Waals surface area contributed by atoms with E-state index in [1.54, 1.807) is 6.92 Å². The van der Waals surface area contributed by atoms with E-state index >= 15 is 0 Å². The Kier molecular flexibility index (Phi) is 5.38. The smallest absolute Gasteiger partial charge is 0.338 e. The Morgan fingerprint density at radius 3 is 2.52 bits per heavy atom. The topological polar surface area (TPSA) is 85.7 Å². The molecular formula is C16H17BrN2O5S. The molecule has 0 spiro atoms. The number of halogens is 1. The van der Waals surface area contributed by atoms with Crippen molar-refractivity contribution in [1.29, 1.82) is 0 Å². The quantitative estimate of drug-likeness (QED) is 0.682. The molecule has 7 nitrogen and oxygen atoms in total. The number of carbonyl (C=O) groups is 2. The van der Waals surface area contributed by atoms with E-state index < -0.39 is 16.0 Å². The minimum atomic E-state index is -3.80. The van der Waals surface area contributed by atoms with E-state index in [2.05, 4.69) is 22.5 Å². The van der Waals surface area contributed by atoms with Crippen LogP contribution in [-0.2, 0) is 14.8 Å². The van der Waals surface area contributed by atoms with Crippen molar-refractivity contribution >= 4 is 54.4 Å². The maximum Gasteiger partial charge on any atom is 0.338 e. The van der Waals surface area contributed by atoms with E-state index in [9.17, 15) is 18.0 Å². The average Bonchev–Trinajstić information content (AvgIpc) is 2.91. The monoisotopic (exact) mass is 428 g/mol. The summed E-state index contributed by atoms with van der Waals surface area (Å²) in [6.07, 6.45) is 1.53. The summed E-state index contributed by atoms with van der Waals surface area (Å²) in [6, 6.07) is 2.92. The fraction of sp³-hybridized carbons (Fsp3) is 0.250. The predicted molar refractivity (Wildman–Crippen MR) is 99.4 cm³/mol. The first-order valence-electron chi connectivity index (χ1n) is 7.27. The number of hydrogen-bond acceptors (Lipinski definition) is 5. The molecule has 0 amide bonds. The zero-order valence-electron chi connectivity index (χ0n) is 13.9. The molecule has 1 aromatic heterocycles. The summed E-state index contributed by atoms with van der Waals surface area (Å²) in [4.78, 5) is 23.9. The van der Waals surface area contributed by atoms with Crippen LogP contribution in [0.5, 0.6) is 0 Å². The lowest BCUT2D eigenvalue weighted by atomic mass is 10.1. The van der Waals surface area contributed by atoms with E-state index in [1.165, 1.54) is 36.9 Å². The van der Waals surface area contributed by atoms with Gasteiger partial charge in [-0.05, 0) is 35.0 Å². The highest BCUT2D eigenvalue weighted by atomic mass is 79.9. The maximum absolute atomic E-state index is 12.4. The summed E-state index contributed by atoms with van der Waals surface area (Å²) in [5.74, 6) is -0.916. The van der Waals surface area contributed by atoms with Crippen LogP contribution in [0.25, 0.3) is 10.9 Å². The van der Waals surface area contributed by atoms with Gasteiger partial charge in [0.1, 0.15) is 0 Å². The zero-order chi connectivity index (χ0) is 18.9. The molecule has 0 aliphatic carbocycles. The van der Waals surface area contributed by atoms with Gasteiger partial charge in [0.05, 0.1) is 23.9 Å². The Labute approximate surface area is 154 Å². The summed E-state index contributed by atoms with van der Waals surface area (Å²) >= 11 is 3.37. The van der Waals surface area contributed by atoms with Crippen molar-refractivity contribution < 1.29 is 22.7 Å². The molecule has 9 heteroatoms. The Balaban J connectivity index is 2.97. The lowest BCUT2D eigenvalue weighted by Gasteiger charge is -2.22. The van der Waals surface area contributed by atoms with Crippen molar-refractivity contribution in [3.8, 4) is 0 Å². The maximum atomic E-state index is 12.4. The number of esters is 1. The molecule has 2 rings (SSSR count). The number of anilines is 1. The molecule has 0 bridgehead atoms. The molecule has 134 valence electrons. The number of ether oxygens (including phenoxy) is 1. The van der Waals surface area contributed by atoms with Crippen molar-refractivity contribution in [2.45, 2.75) is 13.8 Å². The van der Waals surface area contributed by atoms with Crippen LogP contribution in [0.3, 0.4) is 0 Å². The molecule has 0 aliphatic rings. The lowest BCUT2D eigenvalue weighted by Crippen LogP contribution is -2.29. The van der Waals surface area contributed by atoms with Crippen LogP contribution in [-0.4, -0.2) is 38.5 Å². The van der Waals surface area contributed by atoms with Crippen LogP contribution in [0.2, 0.25) is 0 Å². The molecule has 0 aliphatic heterocycles. The first kappa shape index (κ1) is 19.2. The SMILES string of the molecule is C=CS(=O)(=O)N(CC)c1cc(C(=O)OC)cc2c1c(Br)cn2C(C)=O. The van der Waals surface area contributed by atoms with Crippen molar-refractivity contribution in [2.24, 2.45) is 0 Å². The number of hydrogen-bond donors (Lipinski definition) is 0. The molecular weight excluding hydrogens is 412 g/mol. The minimum absolute atomic E-state index is 0.117. The Bertz CT molecular complexity index is 978. The van der Waals surface area contributed by atoms with Gasteiger partial charge in [-0.2, -0.15) is 0 Å². The van der Waals surface area contributed by atoms with Gasteiger partial charge in [0.15, 0.2) is 0 Å². The second-order valence-corrected chi connectivity index (χ2v) is 7.78. The highest BCUT2D eigenvalue weighted by Gasteiger charge is 2.25. The standard InChI is InChI=1S/C16H17BrN2O5S/c1-5-19(25(22,23)6-2)14-8-11(16(21)24-4)7-13-15(14)12(17)9-18(13)10(3)20/h6-9H,2,5H2,1,3-4H3. The highest BCUT2D eigenvalue weighted by molar-refractivity contribution is 9.10. The highest BCUT2D eigenvalue weighted by Crippen LogP contribution is 2.37. The average molecular weight is 429 g/mol. The third kappa shape index (κ3) is 3.34. The number of fused-ring (bicyclic) bond motifs is 1. The normalized spacial score (nSPS) is 11.4. The minimum Gasteiger partial charge on any atom is -0.465 e. The number of rotatable bonds is 5. The van der Waals surface area contributed by atoms with Gasteiger partial charge in [-0.3, -0.25) is 13.7 Å². The first-order chi connectivity index (χ1) is 11.7. The molecule has 2 aromatic rings. The van der Waals surface area contributed by atoms with Crippen molar-refractivity contribution in [3.63, 3.8) is 0 Å². The fourth-order valence-corrected chi connectivity index (χ4v) is 4.13. The van der Waals surface area contributed by atoms with Gasteiger partial charge in [-0.25, -0.2) is 13.2 Å². The van der Waals surface area contributed by atoms with Crippen LogP contribution in [0, 0.1) is 0 Å². The van der Waals surface area contributed by atoms with Crippen LogP contribution in [0.4, 0.5) is 5.69 Å². The number of carbonyl (C=O) groups excluding carboxylic acids is 2. The van der Waals surface area contributed by atoms with Crippen LogP contribution >= 0.6 is 15.9 Å². The summed E-state index contributed by atoms with van der Waals surface area (Å²) in [5, 5.41) is 1.33. The van der Waals surface area contributed by atoms with E-state index in [0.29, 0.717) is 15.4 Å². The van der Waals surface area contributed by atoms with Gasteiger partial charge in [0, 0.05) is 34.9 Å². The van der Waals surface area contributed by atoms with Gasteiger partial charge < -0.3 is 4.74 Å². The van der Waals surface area contributed by atoms with Gasteiger partial charge in [-0.15, -0.1) is 0 Å². The zero-order valence-corrected chi connectivity index (χ0v) is 16.3. The second kappa shape index (κ2) is 7.01. The van der Waals surface area contributed by atoms with Gasteiger partial charge in [-0.1, -0.05) is 6.58 Å². The Morgan fingerprint density at radius 1 is 1.40 bits per heavy atom. The molecule has 0 saturated heterocycles. The number of aromatic nitrogens is 1. The number of nitrogens with zero attached hydrogens (tertiary/aromatic N) is 2. The third-order valence-corrected chi connectivity index (χ3v) is 5.76. The number of methoxy groups -OCH3 is 1. The largest absolute Gasteiger partial charge is 0.465 e. The summed E-state index contributed by atoms with van der Waals surface area (Å²) in [7, 11) is -2.58. The van der Waals surface area contributed by atoms with Gasteiger partial charge in [0.25, 0.3) is 10.0 Å². The number of sulfonamides is 1. The molecule has 0 saturated carbocycles. The lowest BCUT2D eigenvalue weighted by molar-refractivity contribution is 0.0600. The van der Waals surface area contributed by atoms with Crippen molar-refractivity contribution in [3.05, 3.63) is 40.4 Å². The summed E-state index contributed by atoms with van der Waals surface area (Å²) in [5.41, 5.74) is 0.790. The molecule has 25 heavy (non-hydrogen) atoms. The van der Waals surface area contributed by atoms with E-state index in [0.717, 1.165) is 9.71 Å². The van der Waals surface area contributed by atoms with Gasteiger partial charge in [0.2, 0.25) is 5.91 Å². The van der Waals surface area contributed by atoms with Crippen molar-refractivity contribution in [2.75, 3.05) is 18.0 Å². The Hall–Kier alpha value is -2.13. The van der Waals surface area contributed by atoms with Crippen LogP contribution in [0.15, 0.2) is 34.8 Å². The molecule has 0 unspecified atom stereocenters. The third-order valence-electron chi connectivity index (χ3n) is 3.67. The van der Waals surface area contributed by atoms with E-state index in [-0.39, 0.29) is 23.7 Å². The molecule has 0 N–H and O–H groups in total. The molecule has 1 heterocycles. The molecule has 0 radical (unpaired) electrons. The molecule has 0 fully saturated rings. The fourth-order valence-electron chi connectivity index (χ4n) is 2.56. The van der Waals surface area contributed by atoms with Crippen LogP contribution in [0.1, 0.15) is 29.0 Å². The summed E-state index contributed by atoms with van der Waals surface area (Å²) in [6.45, 7) is 6.49. The number of benzene rings is 1. The van der Waals surface area contributed by atoms with E-state index in [4.69, 9.17) is 4.74 Å². The first-order valence-corrected chi connectivity index (χ1v) is 9.56. The molecule has 1 aromatic carbocycles. The second-order valence-electron chi connectivity index (χ2n) is 5.12. The van der Waals surface area contributed by atoms with E-state index in [1.807, 2.05) is 0 Å². The Morgan fingerprint density at radius 2 is 2.04 bits per heavy atom. The predicted octanol–water partition coefficient (Wildman–Crippen LogP) is 3.15. The van der Waals surface area contributed by atoms with Gasteiger partial charge >= 0.3 is 5.97 Å². The van der Waals surface area contributed by atoms with Crippen LogP contribution < -0.4 is 4.31 Å². The summed E-state index contributed by atoms with van der Waals surface area (Å²) < 4.78 is 32.5. The van der Waals surface area contributed by atoms with Crippen molar-refractivity contribution in [1.82, 2.24) is 4.57 Å². The molecule has 0 atom stereocenters.